The first-order valence-electron chi connectivity index (χ1n) is 11.2. The molecule has 3 rings (SSSR count). The second kappa shape index (κ2) is 9.94. The van der Waals surface area contributed by atoms with Crippen molar-refractivity contribution in [2.24, 2.45) is 0 Å². The summed E-state index contributed by atoms with van der Waals surface area (Å²) in [7, 11) is 0. The van der Waals surface area contributed by atoms with Gasteiger partial charge in [-0.3, -0.25) is 14.4 Å². The molecule has 1 heterocycles. The molecule has 1 atom stereocenters. The lowest BCUT2D eigenvalue weighted by Crippen LogP contribution is -2.55. The molecule has 0 saturated heterocycles. The molecule has 2 fully saturated rings. The molecular formula is C23H35N3O3S. The Bertz CT molecular complexity index is 729. The molecule has 0 radical (unpaired) electrons. The third-order valence-electron chi connectivity index (χ3n) is 5.92. The van der Waals surface area contributed by atoms with Gasteiger partial charge in [0.15, 0.2) is 0 Å². The van der Waals surface area contributed by atoms with Crippen LogP contribution in [0.1, 0.15) is 89.5 Å². The minimum absolute atomic E-state index is 0.0595. The normalized spacial score (nSPS) is 19.3. The zero-order chi connectivity index (χ0) is 21.7. The van der Waals surface area contributed by atoms with Crippen molar-refractivity contribution in [3.8, 4) is 0 Å². The molecule has 2 aliphatic carbocycles. The molecular weight excluding hydrogens is 398 g/mol. The monoisotopic (exact) mass is 433 g/mol. The van der Waals surface area contributed by atoms with E-state index in [-0.39, 0.29) is 18.0 Å². The van der Waals surface area contributed by atoms with E-state index in [1.165, 1.54) is 17.8 Å². The highest BCUT2D eigenvalue weighted by molar-refractivity contribution is 7.10. The average molecular weight is 434 g/mol. The fourth-order valence-electron chi connectivity index (χ4n) is 4.57. The summed E-state index contributed by atoms with van der Waals surface area (Å²) in [6.07, 6.45) is 8.85. The lowest BCUT2D eigenvalue weighted by molar-refractivity contribution is -0.152. The van der Waals surface area contributed by atoms with Gasteiger partial charge in [-0.05, 0) is 57.9 Å². The smallest absolute Gasteiger partial charge is 0.313 e. The number of nitrogens with one attached hydrogen (secondary N) is 2. The molecule has 7 heteroatoms. The largest absolute Gasteiger partial charge is 0.349 e. The Labute approximate surface area is 183 Å². The van der Waals surface area contributed by atoms with Crippen LogP contribution in [0.15, 0.2) is 17.5 Å². The van der Waals surface area contributed by atoms with Crippen molar-refractivity contribution in [1.29, 1.82) is 0 Å². The highest BCUT2D eigenvalue weighted by Gasteiger charge is 2.41. The van der Waals surface area contributed by atoms with Crippen molar-refractivity contribution in [3.05, 3.63) is 22.4 Å². The molecule has 2 N–H and O–H groups in total. The number of hydrogen-bond acceptors (Lipinski definition) is 4. The third-order valence-corrected chi connectivity index (χ3v) is 6.85. The van der Waals surface area contributed by atoms with Crippen LogP contribution < -0.4 is 10.6 Å². The summed E-state index contributed by atoms with van der Waals surface area (Å²) in [6, 6.07) is 2.95. The van der Waals surface area contributed by atoms with Crippen molar-refractivity contribution in [2.75, 3.05) is 0 Å². The molecule has 1 aromatic rings. The van der Waals surface area contributed by atoms with E-state index in [0.717, 1.165) is 56.2 Å². The van der Waals surface area contributed by atoms with E-state index in [1.54, 1.807) is 4.90 Å². The van der Waals surface area contributed by atoms with Gasteiger partial charge < -0.3 is 15.5 Å². The van der Waals surface area contributed by atoms with Gasteiger partial charge in [-0.2, -0.15) is 0 Å². The van der Waals surface area contributed by atoms with E-state index in [9.17, 15) is 14.4 Å². The van der Waals surface area contributed by atoms with Gasteiger partial charge in [-0.25, -0.2) is 0 Å². The highest BCUT2D eigenvalue weighted by atomic mass is 32.1. The molecule has 6 nitrogen and oxygen atoms in total. The summed E-state index contributed by atoms with van der Waals surface area (Å²) in [5.41, 5.74) is -0.429. The zero-order valence-electron chi connectivity index (χ0n) is 18.4. The van der Waals surface area contributed by atoms with Crippen molar-refractivity contribution in [2.45, 2.75) is 102 Å². The lowest BCUT2D eigenvalue weighted by Gasteiger charge is -2.36. The number of hydrogen-bond donors (Lipinski definition) is 2. The van der Waals surface area contributed by atoms with Crippen LogP contribution >= 0.6 is 11.3 Å². The molecule has 30 heavy (non-hydrogen) atoms. The molecule has 1 aromatic heterocycles. The molecule has 0 spiro atoms. The van der Waals surface area contributed by atoms with E-state index >= 15 is 0 Å². The maximum absolute atomic E-state index is 13.4. The minimum Gasteiger partial charge on any atom is -0.349 e. The summed E-state index contributed by atoms with van der Waals surface area (Å²) in [5.74, 6) is -1.37. The van der Waals surface area contributed by atoms with Gasteiger partial charge in [0.05, 0.1) is 0 Å². The summed E-state index contributed by atoms with van der Waals surface area (Å²) < 4.78 is 0. The van der Waals surface area contributed by atoms with E-state index in [0.29, 0.717) is 0 Å². The maximum atomic E-state index is 13.4. The summed E-state index contributed by atoms with van der Waals surface area (Å²) in [4.78, 5) is 42.1. The molecule has 3 amide bonds. The average Bonchev–Trinajstić information content (AvgIpc) is 3.38. The van der Waals surface area contributed by atoms with Crippen LogP contribution in [0.4, 0.5) is 0 Å². The number of carbonyl (C=O) groups excluding carboxylic acids is 3. The van der Waals surface area contributed by atoms with Gasteiger partial charge in [-0.15, -0.1) is 11.3 Å². The SMILES string of the molecule is CC(C)(C)NC(=O)C(c1cccs1)N(C(=O)C(=O)NC1CCCCC1)C1CCCC1. The van der Waals surface area contributed by atoms with Crippen molar-refractivity contribution in [1.82, 2.24) is 15.5 Å². The summed E-state index contributed by atoms with van der Waals surface area (Å²) in [5, 5.41) is 7.89. The quantitative estimate of drug-likeness (QED) is 0.691. The van der Waals surface area contributed by atoms with Crippen molar-refractivity contribution < 1.29 is 14.4 Å². The van der Waals surface area contributed by atoms with Crippen LogP contribution in [0.2, 0.25) is 0 Å². The van der Waals surface area contributed by atoms with Crippen molar-refractivity contribution >= 4 is 29.1 Å². The molecule has 0 bridgehead atoms. The van der Waals surface area contributed by atoms with Crippen LogP contribution in [0.25, 0.3) is 0 Å². The van der Waals surface area contributed by atoms with E-state index < -0.39 is 23.4 Å². The van der Waals surface area contributed by atoms with Gasteiger partial charge >= 0.3 is 11.8 Å². The third kappa shape index (κ3) is 5.84. The van der Waals surface area contributed by atoms with Gasteiger partial charge in [0.25, 0.3) is 0 Å². The summed E-state index contributed by atoms with van der Waals surface area (Å²) in [6.45, 7) is 5.77. The number of thiophene rings is 1. The highest BCUT2D eigenvalue weighted by Crippen LogP contribution is 2.34. The Kier molecular flexibility index (Phi) is 7.55. The molecule has 2 saturated carbocycles. The van der Waals surface area contributed by atoms with Crippen LogP contribution in [-0.4, -0.2) is 40.2 Å². The van der Waals surface area contributed by atoms with Crippen LogP contribution in [0.3, 0.4) is 0 Å². The van der Waals surface area contributed by atoms with E-state index in [1.807, 2.05) is 38.3 Å². The molecule has 2 aliphatic rings. The van der Waals surface area contributed by atoms with E-state index in [4.69, 9.17) is 0 Å². The van der Waals surface area contributed by atoms with Crippen LogP contribution in [0.5, 0.6) is 0 Å². The van der Waals surface area contributed by atoms with Crippen LogP contribution in [-0.2, 0) is 14.4 Å². The maximum Gasteiger partial charge on any atom is 0.313 e. The van der Waals surface area contributed by atoms with Gasteiger partial charge in [-0.1, -0.05) is 38.2 Å². The Balaban J connectivity index is 1.87. The molecule has 166 valence electrons. The Hall–Kier alpha value is -1.89. The van der Waals surface area contributed by atoms with E-state index in [2.05, 4.69) is 10.6 Å². The number of amides is 3. The summed E-state index contributed by atoms with van der Waals surface area (Å²) >= 11 is 1.45. The fourth-order valence-corrected chi connectivity index (χ4v) is 5.39. The minimum atomic E-state index is -0.781. The number of nitrogens with zero attached hydrogens (tertiary/aromatic N) is 1. The van der Waals surface area contributed by atoms with Gasteiger partial charge in [0, 0.05) is 22.5 Å². The molecule has 0 aromatic carbocycles. The predicted octanol–water partition coefficient (Wildman–Crippen LogP) is 3.92. The Morgan fingerprint density at radius 1 is 1.03 bits per heavy atom. The standard InChI is InChI=1S/C23H35N3O3S/c1-23(2,3)25-20(27)19(18-14-9-15-30-18)26(17-12-7-8-13-17)22(29)21(28)24-16-10-5-4-6-11-16/h9,14-17,19H,4-8,10-13H2,1-3H3,(H,24,28)(H,25,27). The van der Waals surface area contributed by atoms with Gasteiger partial charge in [0.1, 0.15) is 6.04 Å². The first-order chi connectivity index (χ1) is 14.3. The number of rotatable bonds is 5. The Morgan fingerprint density at radius 2 is 1.67 bits per heavy atom. The molecule has 1 unspecified atom stereocenters. The first kappa shape index (κ1) is 22.8. The first-order valence-corrected chi connectivity index (χ1v) is 12.1. The van der Waals surface area contributed by atoms with Crippen LogP contribution in [0, 0.1) is 0 Å². The molecule has 0 aliphatic heterocycles. The Morgan fingerprint density at radius 3 is 2.23 bits per heavy atom. The fraction of sp³-hybridized carbons (Fsp3) is 0.696. The lowest BCUT2D eigenvalue weighted by atomic mass is 9.95. The number of carbonyl (C=O) groups is 3. The predicted molar refractivity (Wildman–Crippen MR) is 119 cm³/mol. The second-order valence-electron chi connectivity index (χ2n) is 9.62. The van der Waals surface area contributed by atoms with Gasteiger partial charge in [0.2, 0.25) is 5.91 Å². The zero-order valence-corrected chi connectivity index (χ0v) is 19.2. The topological polar surface area (TPSA) is 78.5 Å². The van der Waals surface area contributed by atoms with Crippen molar-refractivity contribution in [3.63, 3.8) is 0 Å². The second-order valence-corrected chi connectivity index (χ2v) is 10.6.